The number of hydrogen-bond acceptors (Lipinski definition) is 3. The molecule has 1 atom stereocenters. The van der Waals surface area contributed by atoms with E-state index in [4.69, 9.17) is 4.74 Å². The number of halogens is 4. The molecule has 112 valence electrons. The third-order valence-electron chi connectivity index (χ3n) is 3.35. The lowest BCUT2D eigenvalue weighted by atomic mass is 9.81. The number of carbonyl (C=O) groups is 1. The van der Waals surface area contributed by atoms with E-state index in [0.717, 1.165) is 12.1 Å². The Morgan fingerprint density at radius 1 is 1.45 bits per heavy atom. The van der Waals surface area contributed by atoms with Crippen molar-refractivity contribution in [2.24, 2.45) is 0 Å². The summed E-state index contributed by atoms with van der Waals surface area (Å²) in [7, 11) is 1.27. The highest BCUT2D eigenvalue weighted by atomic mass is 35.5. The molecule has 1 fully saturated rings. The highest BCUT2D eigenvalue weighted by Crippen LogP contribution is 2.31. The second-order valence-corrected chi connectivity index (χ2v) is 4.63. The van der Waals surface area contributed by atoms with Crippen LogP contribution >= 0.6 is 12.4 Å². The Balaban J connectivity index is 0.00000200. The normalized spacial score (nSPS) is 21.6. The standard InChI is InChI=1S/C13H14F3NO2.ClH/c1-19-11(18)12(5-6-17-12)8-9-3-2-4-10(7-9)13(14,15)16;/h2-4,7,17H,5-6,8H2,1H3;1H. The van der Waals surface area contributed by atoms with Crippen LogP contribution in [-0.2, 0) is 22.1 Å². The number of esters is 1. The summed E-state index contributed by atoms with van der Waals surface area (Å²) >= 11 is 0. The summed E-state index contributed by atoms with van der Waals surface area (Å²) in [5.74, 6) is -0.434. The number of ether oxygens (including phenoxy) is 1. The van der Waals surface area contributed by atoms with Crippen molar-refractivity contribution in [2.45, 2.75) is 24.6 Å². The molecule has 1 aliphatic heterocycles. The molecule has 0 aliphatic carbocycles. The maximum Gasteiger partial charge on any atom is 0.416 e. The minimum absolute atomic E-state index is 0. The van der Waals surface area contributed by atoms with Gasteiger partial charge >= 0.3 is 12.1 Å². The zero-order chi connectivity index (χ0) is 14.1. The smallest absolute Gasteiger partial charge is 0.416 e. The zero-order valence-corrected chi connectivity index (χ0v) is 11.6. The second kappa shape index (κ2) is 6.01. The molecule has 0 spiro atoms. The summed E-state index contributed by atoms with van der Waals surface area (Å²) in [6.07, 6.45) is -3.61. The molecule has 3 nitrogen and oxygen atoms in total. The fraction of sp³-hybridized carbons (Fsp3) is 0.462. The van der Waals surface area contributed by atoms with Crippen molar-refractivity contribution in [2.75, 3.05) is 13.7 Å². The van der Waals surface area contributed by atoms with Gasteiger partial charge in [0.05, 0.1) is 12.7 Å². The van der Waals surface area contributed by atoms with Crippen molar-refractivity contribution in [1.29, 1.82) is 0 Å². The molecule has 1 aliphatic rings. The van der Waals surface area contributed by atoms with Crippen molar-refractivity contribution in [3.8, 4) is 0 Å². The lowest BCUT2D eigenvalue weighted by Crippen LogP contribution is -2.64. The van der Waals surface area contributed by atoms with Gasteiger partial charge in [-0.15, -0.1) is 12.4 Å². The van der Waals surface area contributed by atoms with Crippen molar-refractivity contribution in [1.82, 2.24) is 5.32 Å². The Labute approximate surface area is 120 Å². The fourth-order valence-corrected chi connectivity index (χ4v) is 2.23. The topological polar surface area (TPSA) is 38.3 Å². The number of hydrogen-bond donors (Lipinski definition) is 1. The van der Waals surface area contributed by atoms with E-state index in [9.17, 15) is 18.0 Å². The summed E-state index contributed by atoms with van der Waals surface area (Å²) in [4.78, 5) is 11.7. The summed E-state index contributed by atoms with van der Waals surface area (Å²) in [6, 6.07) is 5.02. The molecule has 1 unspecified atom stereocenters. The molecular formula is C13H15ClF3NO2. The highest BCUT2D eigenvalue weighted by molar-refractivity contribution is 5.85. The van der Waals surface area contributed by atoms with Crippen molar-refractivity contribution in [3.05, 3.63) is 35.4 Å². The van der Waals surface area contributed by atoms with E-state index in [1.54, 1.807) is 6.07 Å². The largest absolute Gasteiger partial charge is 0.468 e. The third kappa shape index (κ3) is 3.24. The summed E-state index contributed by atoms with van der Waals surface area (Å²) < 4.78 is 42.5. The molecular weight excluding hydrogens is 295 g/mol. The lowest BCUT2D eigenvalue weighted by molar-refractivity contribution is -0.152. The Kier molecular flexibility index (Phi) is 5.05. The molecule has 20 heavy (non-hydrogen) atoms. The van der Waals surface area contributed by atoms with Gasteiger partial charge in [-0.1, -0.05) is 18.2 Å². The maximum atomic E-state index is 12.6. The summed E-state index contributed by atoms with van der Waals surface area (Å²) in [5.41, 5.74) is -1.12. The summed E-state index contributed by atoms with van der Waals surface area (Å²) in [6.45, 7) is 0.661. The van der Waals surface area contributed by atoms with Gasteiger partial charge in [-0.3, -0.25) is 4.79 Å². The predicted octanol–water partition coefficient (Wildman–Crippen LogP) is 2.57. The average Bonchev–Trinajstić information content (AvgIpc) is 2.32. The van der Waals surface area contributed by atoms with Gasteiger partial charge in [0.1, 0.15) is 5.54 Å². The van der Waals surface area contributed by atoms with Gasteiger partial charge in [-0.2, -0.15) is 13.2 Å². The van der Waals surface area contributed by atoms with Crippen LogP contribution in [0.1, 0.15) is 17.5 Å². The highest BCUT2D eigenvalue weighted by Gasteiger charge is 2.45. The van der Waals surface area contributed by atoms with Crippen molar-refractivity contribution in [3.63, 3.8) is 0 Å². The fourth-order valence-electron chi connectivity index (χ4n) is 2.23. The molecule has 1 aromatic rings. The molecule has 2 rings (SSSR count). The molecule has 0 radical (unpaired) electrons. The van der Waals surface area contributed by atoms with E-state index in [1.165, 1.54) is 13.2 Å². The molecule has 1 N–H and O–H groups in total. The van der Waals surface area contributed by atoms with E-state index in [1.807, 2.05) is 0 Å². The van der Waals surface area contributed by atoms with E-state index < -0.39 is 23.2 Å². The minimum Gasteiger partial charge on any atom is -0.468 e. The molecule has 0 saturated carbocycles. The van der Waals surface area contributed by atoms with Crippen LogP contribution in [0.5, 0.6) is 0 Å². The minimum atomic E-state index is -4.37. The maximum absolute atomic E-state index is 12.6. The molecule has 0 bridgehead atoms. The van der Waals surface area contributed by atoms with Crippen molar-refractivity contribution < 1.29 is 22.7 Å². The number of alkyl halides is 3. The first-order valence-corrected chi connectivity index (χ1v) is 5.87. The van der Waals surface area contributed by atoms with Gasteiger partial charge in [0, 0.05) is 6.42 Å². The third-order valence-corrected chi connectivity index (χ3v) is 3.35. The van der Waals surface area contributed by atoms with Crippen LogP contribution in [0.25, 0.3) is 0 Å². The van der Waals surface area contributed by atoms with Gasteiger partial charge < -0.3 is 10.1 Å². The van der Waals surface area contributed by atoms with Crippen LogP contribution in [0.4, 0.5) is 13.2 Å². The van der Waals surface area contributed by atoms with Gasteiger partial charge in [0.2, 0.25) is 0 Å². The predicted molar refractivity (Wildman–Crippen MR) is 69.8 cm³/mol. The van der Waals surface area contributed by atoms with Gasteiger partial charge in [-0.25, -0.2) is 0 Å². The van der Waals surface area contributed by atoms with E-state index in [2.05, 4.69) is 5.32 Å². The Bertz CT molecular complexity index is 487. The van der Waals surface area contributed by atoms with E-state index in [-0.39, 0.29) is 18.8 Å². The van der Waals surface area contributed by atoms with Crippen LogP contribution in [-0.4, -0.2) is 25.2 Å². The average molecular weight is 310 g/mol. The number of carbonyl (C=O) groups excluding carboxylic acids is 1. The van der Waals surface area contributed by atoms with E-state index in [0.29, 0.717) is 18.5 Å². The van der Waals surface area contributed by atoms with Crippen LogP contribution in [0.15, 0.2) is 24.3 Å². The van der Waals surface area contributed by atoms with Crippen LogP contribution in [0.3, 0.4) is 0 Å². The number of benzene rings is 1. The first-order valence-electron chi connectivity index (χ1n) is 5.87. The van der Waals surface area contributed by atoms with Crippen LogP contribution < -0.4 is 5.32 Å². The molecule has 1 saturated heterocycles. The second-order valence-electron chi connectivity index (χ2n) is 4.63. The number of rotatable bonds is 3. The molecule has 0 amide bonds. The quantitative estimate of drug-likeness (QED) is 0.872. The zero-order valence-electron chi connectivity index (χ0n) is 10.8. The molecule has 1 heterocycles. The van der Waals surface area contributed by atoms with Gasteiger partial charge in [-0.05, 0) is 24.6 Å². The Morgan fingerprint density at radius 3 is 2.55 bits per heavy atom. The van der Waals surface area contributed by atoms with Gasteiger partial charge in [0.25, 0.3) is 0 Å². The van der Waals surface area contributed by atoms with Crippen LogP contribution in [0.2, 0.25) is 0 Å². The SMILES string of the molecule is COC(=O)C1(Cc2cccc(C(F)(F)F)c2)CCN1.Cl. The molecule has 1 aromatic carbocycles. The van der Waals surface area contributed by atoms with Gasteiger partial charge in [0.15, 0.2) is 0 Å². The number of methoxy groups -OCH3 is 1. The monoisotopic (exact) mass is 309 g/mol. The summed E-state index contributed by atoms with van der Waals surface area (Å²) in [5, 5.41) is 2.96. The Hall–Kier alpha value is -1.27. The van der Waals surface area contributed by atoms with Crippen LogP contribution in [0, 0.1) is 0 Å². The first kappa shape index (κ1) is 16.8. The Morgan fingerprint density at radius 2 is 2.10 bits per heavy atom. The first-order chi connectivity index (χ1) is 8.87. The van der Waals surface area contributed by atoms with Crippen molar-refractivity contribution >= 4 is 18.4 Å². The van der Waals surface area contributed by atoms with E-state index >= 15 is 0 Å². The lowest BCUT2D eigenvalue weighted by Gasteiger charge is -2.40. The molecule has 7 heteroatoms. The number of nitrogens with one attached hydrogen (secondary N) is 1. The molecule has 0 aromatic heterocycles.